The molecule has 0 saturated heterocycles. The maximum Gasteiger partial charge on any atom is 0.321 e. The van der Waals surface area contributed by atoms with Gasteiger partial charge in [-0.2, -0.15) is 0 Å². The molecule has 0 saturated carbocycles. The first-order chi connectivity index (χ1) is 13.8. The zero-order chi connectivity index (χ0) is 21.1. The zero-order valence-corrected chi connectivity index (χ0v) is 19.0. The summed E-state index contributed by atoms with van der Waals surface area (Å²) in [6.07, 6.45) is 3.24. The molecule has 2 N–H and O–H groups in total. The lowest BCUT2D eigenvalue weighted by Gasteiger charge is -2.18. The summed E-state index contributed by atoms with van der Waals surface area (Å²) in [5, 5.41) is 6.05. The van der Waals surface area contributed by atoms with E-state index in [1.54, 1.807) is 15.9 Å². The van der Waals surface area contributed by atoms with Crippen LogP contribution in [-0.4, -0.2) is 34.3 Å². The number of aryl methyl sites for hydroxylation is 1. The predicted octanol–water partition coefficient (Wildman–Crippen LogP) is 3.18. The highest BCUT2D eigenvalue weighted by Gasteiger charge is 2.25. The normalized spacial score (nSPS) is 16.1. The second-order valence-corrected chi connectivity index (χ2v) is 10.1. The van der Waals surface area contributed by atoms with Crippen LogP contribution in [0.3, 0.4) is 0 Å². The van der Waals surface area contributed by atoms with E-state index in [2.05, 4.69) is 31.4 Å². The highest BCUT2D eigenvalue weighted by Crippen LogP contribution is 2.36. The van der Waals surface area contributed by atoms with Gasteiger partial charge in [-0.1, -0.05) is 32.5 Å². The van der Waals surface area contributed by atoms with Gasteiger partial charge in [0.1, 0.15) is 4.83 Å². The Kier molecular flexibility index (Phi) is 7.00. The molecule has 29 heavy (non-hydrogen) atoms. The van der Waals surface area contributed by atoms with Crippen LogP contribution in [0.15, 0.2) is 9.95 Å². The Labute approximate surface area is 178 Å². The van der Waals surface area contributed by atoms with Crippen molar-refractivity contribution in [2.24, 2.45) is 11.8 Å². The third kappa shape index (κ3) is 5.01. The molecule has 9 heteroatoms. The number of carbonyl (C=O) groups is 2. The maximum atomic E-state index is 13.4. The van der Waals surface area contributed by atoms with E-state index >= 15 is 0 Å². The van der Waals surface area contributed by atoms with E-state index in [1.165, 1.54) is 29.3 Å². The molecule has 1 atom stereocenters. The van der Waals surface area contributed by atoms with Crippen molar-refractivity contribution >= 4 is 45.3 Å². The molecule has 1 aliphatic rings. The fraction of sp³-hybridized carbons (Fsp3) is 0.600. The Bertz CT molecular complexity index is 980. The van der Waals surface area contributed by atoms with Crippen molar-refractivity contribution in [3.05, 3.63) is 20.8 Å². The number of thiophene rings is 1. The molecule has 0 radical (unpaired) electrons. The number of amides is 3. The molecule has 3 amide bonds. The number of hydrogen-bond donors (Lipinski definition) is 2. The van der Waals surface area contributed by atoms with Crippen LogP contribution in [0.4, 0.5) is 4.79 Å². The summed E-state index contributed by atoms with van der Waals surface area (Å²) in [7, 11) is 1.46. The molecule has 0 spiro atoms. The lowest BCUT2D eigenvalue weighted by atomic mass is 9.89. The molecule has 2 heterocycles. The predicted molar refractivity (Wildman–Crippen MR) is 118 cm³/mol. The zero-order valence-electron chi connectivity index (χ0n) is 17.3. The van der Waals surface area contributed by atoms with Crippen LogP contribution in [-0.2, 0) is 24.2 Å². The van der Waals surface area contributed by atoms with E-state index in [0.29, 0.717) is 29.3 Å². The number of imide groups is 1. The standard InChI is InChI=1S/C20H28N4O3S2/c1-11(2)10-24-18(26)16-13-6-5-12(3)9-14(13)29-17(16)23-20(24)28-8-7-15(25)22-19(27)21-4/h11-12H,5-10H2,1-4H3,(H2,21,22,25,27)/t12-/m0/s1. The van der Waals surface area contributed by atoms with Gasteiger partial charge in [0.05, 0.1) is 5.39 Å². The SMILES string of the molecule is CNC(=O)NC(=O)CCSc1nc2sc3c(c2c(=O)n1CC(C)C)CC[C@H](C)C3. The van der Waals surface area contributed by atoms with Gasteiger partial charge in [0, 0.05) is 30.6 Å². The molecule has 7 nitrogen and oxygen atoms in total. The minimum absolute atomic E-state index is 0.0352. The number of hydrogen-bond acceptors (Lipinski definition) is 6. The van der Waals surface area contributed by atoms with Gasteiger partial charge in [-0.05, 0) is 36.7 Å². The van der Waals surface area contributed by atoms with Crippen LogP contribution in [0, 0.1) is 11.8 Å². The Morgan fingerprint density at radius 1 is 1.38 bits per heavy atom. The Morgan fingerprint density at radius 3 is 2.83 bits per heavy atom. The number of fused-ring (bicyclic) bond motifs is 3. The van der Waals surface area contributed by atoms with E-state index in [1.807, 2.05) is 0 Å². The molecule has 0 fully saturated rings. The molecule has 3 rings (SSSR count). The van der Waals surface area contributed by atoms with Crippen LogP contribution in [0.25, 0.3) is 10.2 Å². The van der Waals surface area contributed by atoms with Crippen molar-refractivity contribution in [3.8, 4) is 0 Å². The lowest BCUT2D eigenvalue weighted by molar-refractivity contribution is -0.119. The minimum Gasteiger partial charge on any atom is -0.341 e. The quantitative estimate of drug-likeness (QED) is 0.536. The molecular formula is C20H28N4O3S2. The summed E-state index contributed by atoms with van der Waals surface area (Å²) in [6.45, 7) is 7.00. The maximum absolute atomic E-state index is 13.4. The highest BCUT2D eigenvalue weighted by molar-refractivity contribution is 7.99. The summed E-state index contributed by atoms with van der Waals surface area (Å²) >= 11 is 3.03. The van der Waals surface area contributed by atoms with E-state index in [0.717, 1.165) is 29.5 Å². The van der Waals surface area contributed by atoms with E-state index in [-0.39, 0.29) is 17.9 Å². The first-order valence-electron chi connectivity index (χ1n) is 9.99. The molecule has 0 aliphatic heterocycles. The van der Waals surface area contributed by atoms with E-state index < -0.39 is 6.03 Å². The molecule has 2 aromatic heterocycles. The van der Waals surface area contributed by atoms with Crippen molar-refractivity contribution in [2.75, 3.05) is 12.8 Å². The van der Waals surface area contributed by atoms with Crippen molar-refractivity contribution in [1.29, 1.82) is 0 Å². The van der Waals surface area contributed by atoms with Crippen LogP contribution in [0.5, 0.6) is 0 Å². The minimum atomic E-state index is -0.519. The van der Waals surface area contributed by atoms with Crippen LogP contribution in [0.1, 0.15) is 44.1 Å². The summed E-state index contributed by atoms with van der Waals surface area (Å²) in [5.41, 5.74) is 1.23. The summed E-state index contributed by atoms with van der Waals surface area (Å²) in [4.78, 5) is 43.4. The van der Waals surface area contributed by atoms with Crippen LogP contribution in [0.2, 0.25) is 0 Å². The fourth-order valence-electron chi connectivity index (χ4n) is 3.53. The number of urea groups is 1. The average molecular weight is 437 g/mol. The summed E-state index contributed by atoms with van der Waals surface area (Å²) in [5.74, 6) is 1.04. The van der Waals surface area contributed by atoms with Crippen molar-refractivity contribution in [3.63, 3.8) is 0 Å². The number of rotatable bonds is 6. The molecule has 2 aromatic rings. The second kappa shape index (κ2) is 9.30. The number of nitrogens with one attached hydrogen (secondary N) is 2. The molecule has 0 bridgehead atoms. The van der Waals surface area contributed by atoms with Gasteiger partial charge in [-0.25, -0.2) is 9.78 Å². The Balaban J connectivity index is 1.88. The first kappa shape index (κ1) is 21.8. The van der Waals surface area contributed by atoms with E-state index in [4.69, 9.17) is 4.98 Å². The Hall–Kier alpha value is -1.87. The number of nitrogens with zero attached hydrogens (tertiary/aromatic N) is 2. The molecule has 0 aromatic carbocycles. The highest BCUT2D eigenvalue weighted by atomic mass is 32.2. The van der Waals surface area contributed by atoms with Gasteiger partial charge in [-0.3, -0.25) is 19.5 Å². The van der Waals surface area contributed by atoms with Gasteiger partial charge in [0.15, 0.2) is 5.16 Å². The fourth-order valence-corrected chi connectivity index (χ4v) is 5.90. The largest absolute Gasteiger partial charge is 0.341 e. The van der Waals surface area contributed by atoms with Crippen LogP contribution >= 0.6 is 23.1 Å². The van der Waals surface area contributed by atoms with E-state index in [9.17, 15) is 14.4 Å². The first-order valence-corrected chi connectivity index (χ1v) is 11.8. The van der Waals surface area contributed by atoms with Crippen molar-refractivity contribution in [2.45, 2.75) is 58.2 Å². The van der Waals surface area contributed by atoms with Crippen molar-refractivity contribution in [1.82, 2.24) is 20.2 Å². The van der Waals surface area contributed by atoms with Crippen molar-refractivity contribution < 1.29 is 9.59 Å². The smallest absolute Gasteiger partial charge is 0.321 e. The third-order valence-corrected chi connectivity index (χ3v) is 7.09. The topological polar surface area (TPSA) is 93.1 Å². The Morgan fingerprint density at radius 2 is 2.14 bits per heavy atom. The second-order valence-electron chi connectivity index (χ2n) is 7.96. The third-order valence-electron chi connectivity index (χ3n) is 4.97. The van der Waals surface area contributed by atoms with Gasteiger partial charge in [0.25, 0.3) is 5.56 Å². The molecule has 0 unspecified atom stereocenters. The number of thioether (sulfide) groups is 1. The van der Waals surface area contributed by atoms with Gasteiger partial charge >= 0.3 is 6.03 Å². The average Bonchev–Trinajstić information content (AvgIpc) is 3.01. The van der Waals surface area contributed by atoms with Crippen LogP contribution < -0.4 is 16.2 Å². The number of aromatic nitrogens is 2. The molecular weight excluding hydrogens is 408 g/mol. The monoisotopic (exact) mass is 436 g/mol. The molecule has 158 valence electrons. The van der Waals surface area contributed by atoms with Gasteiger partial charge < -0.3 is 5.32 Å². The number of carbonyl (C=O) groups excluding carboxylic acids is 2. The van der Waals surface area contributed by atoms with Gasteiger partial charge in [0.2, 0.25) is 5.91 Å². The molecule has 1 aliphatic carbocycles. The van der Waals surface area contributed by atoms with Gasteiger partial charge in [-0.15, -0.1) is 11.3 Å². The lowest BCUT2D eigenvalue weighted by Crippen LogP contribution is -2.37. The summed E-state index contributed by atoms with van der Waals surface area (Å²) < 4.78 is 1.76. The summed E-state index contributed by atoms with van der Waals surface area (Å²) in [6, 6.07) is -0.519.